The summed E-state index contributed by atoms with van der Waals surface area (Å²) in [7, 11) is 1.66. The van der Waals surface area contributed by atoms with Gasteiger partial charge in [0.05, 0.1) is 7.11 Å². The first-order valence-electron chi connectivity index (χ1n) is 8.12. The van der Waals surface area contributed by atoms with Gasteiger partial charge < -0.3 is 19.9 Å². The first-order valence-corrected chi connectivity index (χ1v) is 8.12. The van der Waals surface area contributed by atoms with Gasteiger partial charge in [0, 0.05) is 50.7 Å². The lowest BCUT2D eigenvalue weighted by molar-refractivity contribution is -0.140. The van der Waals surface area contributed by atoms with Crippen molar-refractivity contribution in [1.82, 2.24) is 10.2 Å². The van der Waals surface area contributed by atoms with Crippen molar-refractivity contribution in [3.63, 3.8) is 0 Å². The molecule has 0 aromatic heterocycles. The Bertz CT molecular complexity index is 565. The predicted molar refractivity (Wildman–Crippen MR) is 87.5 cm³/mol. The number of carbonyl (C=O) groups is 2. The van der Waals surface area contributed by atoms with E-state index in [1.165, 1.54) is 0 Å². The molecular weight excluding hydrogens is 294 g/mol. The summed E-state index contributed by atoms with van der Waals surface area (Å²) in [6, 6.07) is 7.99. The average molecular weight is 317 g/mol. The number of ether oxygens (including phenoxy) is 1. The van der Waals surface area contributed by atoms with Gasteiger partial charge in [0.15, 0.2) is 0 Å². The lowest BCUT2D eigenvalue weighted by atomic mass is 9.95. The molecule has 23 heavy (non-hydrogen) atoms. The van der Waals surface area contributed by atoms with Crippen molar-refractivity contribution in [3.8, 4) is 5.75 Å². The van der Waals surface area contributed by atoms with Crippen molar-refractivity contribution in [2.75, 3.05) is 44.7 Å². The van der Waals surface area contributed by atoms with Crippen LogP contribution in [0.15, 0.2) is 24.3 Å². The molecule has 0 saturated carbocycles. The number of nitrogens with zero attached hydrogens (tertiary/aromatic N) is 2. The number of amides is 2. The third kappa shape index (κ3) is 3.57. The Morgan fingerprint density at radius 1 is 1.17 bits per heavy atom. The van der Waals surface area contributed by atoms with E-state index in [9.17, 15) is 9.59 Å². The van der Waals surface area contributed by atoms with Crippen molar-refractivity contribution in [3.05, 3.63) is 24.3 Å². The minimum absolute atomic E-state index is 0.00790. The second-order valence-corrected chi connectivity index (χ2v) is 6.05. The van der Waals surface area contributed by atoms with Crippen LogP contribution in [0, 0.1) is 5.92 Å². The molecule has 0 radical (unpaired) electrons. The number of hydrogen-bond donors (Lipinski definition) is 1. The fourth-order valence-electron chi connectivity index (χ4n) is 3.23. The number of nitrogens with one attached hydrogen (secondary N) is 1. The number of rotatable bonds is 3. The maximum atomic E-state index is 12.5. The minimum atomic E-state index is -0.142. The fraction of sp³-hybridized carbons (Fsp3) is 0.529. The molecule has 1 unspecified atom stereocenters. The Balaban J connectivity index is 1.55. The van der Waals surface area contributed by atoms with Gasteiger partial charge in [-0.3, -0.25) is 9.59 Å². The molecule has 2 aliphatic rings. The molecule has 0 spiro atoms. The number of piperidine rings is 1. The van der Waals surface area contributed by atoms with Crippen LogP contribution < -0.4 is 15.0 Å². The Labute approximate surface area is 136 Å². The molecule has 1 atom stereocenters. The summed E-state index contributed by atoms with van der Waals surface area (Å²) >= 11 is 0. The molecule has 1 N–H and O–H groups in total. The highest BCUT2D eigenvalue weighted by Gasteiger charge is 2.30. The van der Waals surface area contributed by atoms with Gasteiger partial charge in [-0.1, -0.05) is 0 Å². The van der Waals surface area contributed by atoms with E-state index in [-0.39, 0.29) is 17.7 Å². The van der Waals surface area contributed by atoms with Gasteiger partial charge >= 0.3 is 0 Å². The highest BCUT2D eigenvalue weighted by Crippen LogP contribution is 2.22. The van der Waals surface area contributed by atoms with E-state index in [0.29, 0.717) is 26.1 Å². The highest BCUT2D eigenvalue weighted by atomic mass is 16.5. The van der Waals surface area contributed by atoms with Crippen LogP contribution in [0.25, 0.3) is 0 Å². The SMILES string of the molecule is COc1ccc(N2CCN(C(=O)C3CCNC(=O)C3)CC2)cc1. The number of methoxy groups -OCH3 is 1. The Morgan fingerprint density at radius 3 is 2.48 bits per heavy atom. The van der Waals surface area contributed by atoms with Gasteiger partial charge in [0.1, 0.15) is 5.75 Å². The maximum absolute atomic E-state index is 12.5. The number of piperazine rings is 1. The number of benzene rings is 1. The first kappa shape index (κ1) is 15.6. The summed E-state index contributed by atoms with van der Waals surface area (Å²) in [5.74, 6) is 0.829. The van der Waals surface area contributed by atoms with Crippen molar-refractivity contribution < 1.29 is 14.3 Å². The molecule has 2 aliphatic heterocycles. The highest BCUT2D eigenvalue weighted by molar-refractivity contribution is 5.87. The zero-order valence-corrected chi connectivity index (χ0v) is 13.5. The van der Waals surface area contributed by atoms with Crippen molar-refractivity contribution in [2.45, 2.75) is 12.8 Å². The molecule has 6 nitrogen and oxygen atoms in total. The summed E-state index contributed by atoms with van der Waals surface area (Å²) in [6.07, 6.45) is 1.08. The zero-order valence-electron chi connectivity index (χ0n) is 13.5. The van der Waals surface area contributed by atoms with Crippen LogP contribution in [0.5, 0.6) is 5.75 Å². The molecule has 0 bridgehead atoms. The van der Waals surface area contributed by atoms with E-state index in [4.69, 9.17) is 4.74 Å². The summed E-state index contributed by atoms with van der Waals surface area (Å²) < 4.78 is 5.18. The smallest absolute Gasteiger partial charge is 0.226 e. The van der Waals surface area contributed by atoms with E-state index >= 15 is 0 Å². The number of carbonyl (C=O) groups excluding carboxylic acids is 2. The van der Waals surface area contributed by atoms with Crippen LogP contribution in [0.4, 0.5) is 5.69 Å². The van der Waals surface area contributed by atoms with Gasteiger partial charge in [0.25, 0.3) is 0 Å². The second-order valence-electron chi connectivity index (χ2n) is 6.05. The largest absolute Gasteiger partial charge is 0.497 e. The quantitative estimate of drug-likeness (QED) is 0.899. The molecule has 1 aromatic carbocycles. The summed E-state index contributed by atoms with van der Waals surface area (Å²) in [6.45, 7) is 3.67. The average Bonchev–Trinajstić information content (AvgIpc) is 2.61. The second kappa shape index (κ2) is 6.89. The van der Waals surface area contributed by atoms with Crippen molar-refractivity contribution in [1.29, 1.82) is 0 Å². The van der Waals surface area contributed by atoms with Crippen molar-refractivity contribution in [2.24, 2.45) is 5.92 Å². The van der Waals surface area contributed by atoms with Crippen LogP contribution in [0.3, 0.4) is 0 Å². The van der Waals surface area contributed by atoms with Crippen LogP contribution in [0.1, 0.15) is 12.8 Å². The Kier molecular flexibility index (Phi) is 4.69. The molecule has 6 heteroatoms. The Hall–Kier alpha value is -2.24. The zero-order chi connectivity index (χ0) is 16.2. The van der Waals surface area contributed by atoms with E-state index in [0.717, 1.165) is 30.9 Å². The number of anilines is 1. The van der Waals surface area contributed by atoms with Gasteiger partial charge in [-0.15, -0.1) is 0 Å². The monoisotopic (exact) mass is 317 g/mol. The Morgan fingerprint density at radius 2 is 1.87 bits per heavy atom. The van der Waals surface area contributed by atoms with E-state index < -0.39 is 0 Å². The molecule has 2 saturated heterocycles. The molecule has 0 aliphatic carbocycles. The minimum Gasteiger partial charge on any atom is -0.497 e. The van der Waals surface area contributed by atoms with Crippen LogP contribution in [-0.2, 0) is 9.59 Å². The summed E-state index contributed by atoms with van der Waals surface area (Å²) in [5, 5.41) is 2.78. The predicted octanol–water partition coefficient (Wildman–Crippen LogP) is 0.870. The summed E-state index contributed by atoms with van der Waals surface area (Å²) in [5.41, 5.74) is 1.15. The normalized spacial score (nSPS) is 21.8. The van der Waals surface area contributed by atoms with Gasteiger partial charge in [-0.2, -0.15) is 0 Å². The van der Waals surface area contributed by atoms with Gasteiger partial charge in [0.2, 0.25) is 11.8 Å². The van der Waals surface area contributed by atoms with Crippen LogP contribution in [0.2, 0.25) is 0 Å². The third-order valence-corrected chi connectivity index (χ3v) is 4.62. The fourth-order valence-corrected chi connectivity index (χ4v) is 3.23. The van der Waals surface area contributed by atoms with E-state index in [2.05, 4.69) is 10.2 Å². The first-order chi connectivity index (χ1) is 11.2. The van der Waals surface area contributed by atoms with Gasteiger partial charge in [-0.25, -0.2) is 0 Å². The molecule has 2 heterocycles. The molecule has 2 amide bonds. The topological polar surface area (TPSA) is 61.9 Å². The van der Waals surface area contributed by atoms with Crippen LogP contribution in [-0.4, -0.2) is 56.5 Å². The van der Waals surface area contributed by atoms with E-state index in [1.54, 1.807) is 7.11 Å². The van der Waals surface area contributed by atoms with E-state index in [1.807, 2.05) is 29.2 Å². The third-order valence-electron chi connectivity index (χ3n) is 4.62. The standard InChI is InChI=1S/C17H23N3O3/c1-23-15-4-2-14(3-5-15)19-8-10-20(11-9-19)17(22)13-6-7-18-16(21)12-13/h2-5,13H,6-12H2,1H3,(H,18,21). The molecule has 1 aromatic rings. The lowest BCUT2D eigenvalue weighted by Gasteiger charge is -2.38. The molecule has 3 rings (SSSR count). The molecule has 2 fully saturated rings. The maximum Gasteiger partial charge on any atom is 0.226 e. The summed E-state index contributed by atoms with van der Waals surface area (Å²) in [4.78, 5) is 28.2. The molecular formula is C17H23N3O3. The van der Waals surface area contributed by atoms with Crippen molar-refractivity contribution >= 4 is 17.5 Å². The lowest BCUT2D eigenvalue weighted by Crippen LogP contribution is -2.52. The molecule has 124 valence electrons. The van der Waals surface area contributed by atoms with Gasteiger partial charge in [-0.05, 0) is 30.7 Å². The van der Waals surface area contributed by atoms with Crippen LogP contribution >= 0.6 is 0 Å². The number of hydrogen-bond acceptors (Lipinski definition) is 4.